The van der Waals surface area contributed by atoms with Crippen molar-refractivity contribution >= 4 is 5.95 Å². The van der Waals surface area contributed by atoms with Crippen LogP contribution in [0.4, 0.5) is 5.95 Å². The zero-order chi connectivity index (χ0) is 14.5. The number of nitrogens with zero attached hydrogens (tertiary/aromatic N) is 4. The first-order chi connectivity index (χ1) is 10.3. The number of rotatable bonds is 5. The molecule has 0 radical (unpaired) electrons. The summed E-state index contributed by atoms with van der Waals surface area (Å²) < 4.78 is 11.2. The molecule has 6 nitrogen and oxygen atoms in total. The summed E-state index contributed by atoms with van der Waals surface area (Å²) in [6, 6.07) is 3.78. The second-order valence-corrected chi connectivity index (χ2v) is 5.23. The molecule has 0 aliphatic carbocycles. The van der Waals surface area contributed by atoms with Crippen molar-refractivity contribution in [3.63, 3.8) is 0 Å². The minimum atomic E-state index is 0.241. The van der Waals surface area contributed by atoms with Crippen molar-refractivity contribution in [1.82, 2.24) is 15.1 Å². The minimum Gasteiger partial charge on any atom is -0.490 e. The first kappa shape index (κ1) is 13.9. The van der Waals surface area contributed by atoms with Crippen LogP contribution in [0.2, 0.25) is 0 Å². The molecule has 0 unspecified atom stereocenters. The fourth-order valence-electron chi connectivity index (χ4n) is 2.47. The van der Waals surface area contributed by atoms with Crippen molar-refractivity contribution in [3.8, 4) is 5.75 Å². The standard InChI is InChI=1S/C15H20N4O2/c1-2-3-14-17-15(18-21-14)19-10-6-13(7-11-19)20-12-4-8-16-9-5-12/h4-5,8-9,13H,2-3,6-7,10-11H2,1H3. The van der Waals surface area contributed by atoms with Crippen LogP contribution in [-0.4, -0.2) is 34.3 Å². The highest BCUT2D eigenvalue weighted by Crippen LogP contribution is 2.21. The molecular weight excluding hydrogens is 268 g/mol. The number of piperidine rings is 1. The molecule has 6 heteroatoms. The molecular formula is C15H20N4O2. The van der Waals surface area contributed by atoms with Gasteiger partial charge in [0.1, 0.15) is 11.9 Å². The van der Waals surface area contributed by atoms with Gasteiger partial charge in [-0.15, -0.1) is 0 Å². The minimum absolute atomic E-state index is 0.241. The van der Waals surface area contributed by atoms with Gasteiger partial charge in [0.05, 0.1) is 0 Å². The highest BCUT2D eigenvalue weighted by molar-refractivity contribution is 5.28. The largest absolute Gasteiger partial charge is 0.490 e. The summed E-state index contributed by atoms with van der Waals surface area (Å²) >= 11 is 0. The Kier molecular flexibility index (Phi) is 4.33. The average molecular weight is 288 g/mol. The molecule has 1 aliphatic heterocycles. The Morgan fingerprint density at radius 3 is 2.76 bits per heavy atom. The van der Waals surface area contributed by atoms with Crippen molar-refractivity contribution in [3.05, 3.63) is 30.4 Å². The third-order valence-electron chi connectivity index (χ3n) is 3.60. The number of aromatic nitrogens is 3. The van der Waals surface area contributed by atoms with Crippen molar-refractivity contribution in [2.75, 3.05) is 18.0 Å². The molecule has 1 fully saturated rings. The maximum atomic E-state index is 5.95. The monoisotopic (exact) mass is 288 g/mol. The van der Waals surface area contributed by atoms with Gasteiger partial charge in [0, 0.05) is 44.7 Å². The second kappa shape index (κ2) is 6.56. The lowest BCUT2D eigenvalue weighted by atomic mass is 10.1. The van der Waals surface area contributed by atoms with Gasteiger partial charge in [-0.2, -0.15) is 4.98 Å². The molecule has 2 aromatic rings. The van der Waals surface area contributed by atoms with Crippen molar-refractivity contribution in [2.24, 2.45) is 0 Å². The lowest BCUT2D eigenvalue weighted by molar-refractivity contribution is 0.170. The Morgan fingerprint density at radius 1 is 1.29 bits per heavy atom. The van der Waals surface area contributed by atoms with Crippen molar-refractivity contribution < 1.29 is 9.26 Å². The number of aryl methyl sites for hydroxylation is 1. The van der Waals surface area contributed by atoms with Crippen LogP contribution in [-0.2, 0) is 6.42 Å². The van der Waals surface area contributed by atoms with Gasteiger partial charge < -0.3 is 14.2 Å². The average Bonchev–Trinajstić information content (AvgIpc) is 2.98. The molecule has 0 amide bonds. The van der Waals surface area contributed by atoms with Crippen LogP contribution in [0.15, 0.2) is 29.0 Å². The van der Waals surface area contributed by atoms with E-state index in [1.807, 2.05) is 12.1 Å². The summed E-state index contributed by atoms with van der Waals surface area (Å²) in [5, 5.41) is 4.06. The predicted octanol–water partition coefficient (Wildman–Crippen LogP) is 2.46. The van der Waals surface area contributed by atoms with Crippen LogP contribution < -0.4 is 9.64 Å². The Balaban J connectivity index is 1.52. The molecule has 0 atom stereocenters. The van der Waals surface area contributed by atoms with E-state index < -0.39 is 0 Å². The first-order valence-electron chi connectivity index (χ1n) is 7.49. The molecule has 0 N–H and O–H groups in total. The zero-order valence-electron chi connectivity index (χ0n) is 12.2. The molecule has 112 valence electrons. The summed E-state index contributed by atoms with van der Waals surface area (Å²) in [6.45, 7) is 3.88. The molecule has 0 spiro atoms. The number of hydrogen-bond donors (Lipinski definition) is 0. The normalized spacial score (nSPS) is 16.1. The number of pyridine rings is 1. The SMILES string of the molecule is CCCc1nc(N2CCC(Oc3ccncc3)CC2)no1. The molecule has 2 aromatic heterocycles. The van der Waals surface area contributed by atoms with Crippen LogP contribution in [0.5, 0.6) is 5.75 Å². The van der Waals surface area contributed by atoms with E-state index in [0.717, 1.165) is 50.4 Å². The van der Waals surface area contributed by atoms with Crippen molar-refractivity contribution in [2.45, 2.75) is 38.7 Å². The van der Waals surface area contributed by atoms with Gasteiger partial charge in [-0.3, -0.25) is 4.98 Å². The van der Waals surface area contributed by atoms with Crippen LogP contribution in [0.3, 0.4) is 0 Å². The number of anilines is 1. The van der Waals surface area contributed by atoms with Crippen LogP contribution in [0, 0.1) is 0 Å². The molecule has 1 aliphatic rings. The van der Waals surface area contributed by atoms with Gasteiger partial charge in [-0.1, -0.05) is 6.92 Å². The van der Waals surface area contributed by atoms with Gasteiger partial charge in [0.2, 0.25) is 5.89 Å². The van der Waals surface area contributed by atoms with E-state index in [0.29, 0.717) is 5.95 Å². The third-order valence-corrected chi connectivity index (χ3v) is 3.60. The van der Waals surface area contributed by atoms with Gasteiger partial charge in [0.25, 0.3) is 5.95 Å². The summed E-state index contributed by atoms with van der Waals surface area (Å²) in [5.41, 5.74) is 0. The van der Waals surface area contributed by atoms with Gasteiger partial charge >= 0.3 is 0 Å². The fraction of sp³-hybridized carbons (Fsp3) is 0.533. The van der Waals surface area contributed by atoms with E-state index in [4.69, 9.17) is 9.26 Å². The summed E-state index contributed by atoms with van der Waals surface area (Å²) in [6.07, 6.45) is 7.52. The third kappa shape index (κ3) is 3.51. The number of hydrogen-bond acceptors (Lipinski definition) is 6. The molecule has 3 rings (SSSR count). The summed E-state index contributed by atoms with van der Waals surface area (Å²) in [4.78, 5) is 10.6. The van der Waals surface area contributed by atoms with Gasteiger partial charge in [0.15, 0.2) is 0 Å². The molecule has 0 bridgehead atoms. The maximum absolute atomic E-state index is 5.95. The fourth-order valence-corrected chi connectivity index (χ4v) is 2.47. The van der Waals surface area contributed by atoms with Crippen LogP contribution in [0.25, 0.3) is 0 Å². The quantitative estimate of drug-likeness (QED) is 0.842. The maximum Gasteiger partial charge on any atom is 0.266 e. The molecule has 0 aromatic carbocycles. The zero-order valence-corrected chi connectivity index (χ0v) is 12.2. The molecule has 1 saturated heterocycles. The lowest BCUT2D eigenvalue weighted by Gasteiger charge is -2.31. The lowest BCUT2D eigenvalue weighted by Crippen LogP contribution is -2.38. The topological polar surface area (TPSA) is 64.3 Å². The Bertz CT molecular complexity index is 550. The van der Waals surface area contributed by atoms with E-state index in [1.165, 1.54) is 0 Å². The van der Waals surface area contributed by atoms with Crippen molar-refractivity contribution in [1.29, 1.82) is 0 Å². The predicted molar refractivity (Wildman–Crippen MR) is 78.4 cm³/mol. The highest BCUT2D eigenvalue weighted by atomic mass is 16.5. The van der Waals surface area contributed by atoms with Gasteiger partial charge in [-0.25, -0.2) is 0 Å². The van der Waals surface area contributed by atoms with E-state index >= 15 is 0 Å². The smallest absolute Gasteiger partial charge is 0.266 e. The second-order valence-electron chi connectivity index (χ2n) is 5.23. The Labute approximate surface area is 124 Å². The Hall–Kier alpha value is -2.11. The molecule has 3 heterocycles. The Morgan fingerprint density at radius 2 is 2.05 bits per heavy atom. The molecule has 0 saturated carbocycles. The van der Waals surface area contributed by atoms with E-state index in [9.17, 15) is 0 Å². The van der Waals surface area contributed by atoms with E-state index in [1.54, 1.807) is 12.4 Å². The molecule has 21 heavy (non-hydrogen) atoms. The van der Waals surface area contributed by atoms with Crippen LogP contribution >= 0.6 is 0 Å². The summed E-state index contributed by atoms with van der Waals surface area (Å²) in [7, 11) is 0. The van der Waals surface area contributed by atoms with Gasteiger partial charge in [-0.05, 0) is 23.7 Å². The number of ether oxygens (including phenoxy) is 1. The highest BCUT2D eigenvalue weighted by Gasteiger charge is 2.23. The van der Waals surface area contributed by atoms with Crippen LogP contribution in [0.1, 0.15) is 32.1 Å². The van der Waals surface area contributed by atoms with E-state index in [2.05, 4.69) is 26.9 Å². The summed E-state index contributed by atoms with van der Waals surface area (Å²) in [5.74, 6) is 2.32. The first-order valence-corrected chi connectivity index (χ1v) is 7.49. The van der Waals surface area contributed by atoms with E-state index in [-0.39, 0.29) is 6.10 Å².